The topological polar surface area (TPSA) is 52.1 Å². The lowest BCUT2D eigenvalue weighted by atomic mass is 10.1. The Bertz CT molecular complexity index is 1060. The quantitative estimate of drug-likeness (QED) is 0.497. The minimum atomic E-state index is 0.481. The van der Waals surface area contributed by atoms with Crippen molar-refractivity contribution in [2.45, 2.75) is 27.7 Å². The zero-order valence-electron chi connectivity index (χ0n) is 14.2. The lowest BCUT2D eigenvalue weighted by Crippen LogP contribution is -1.84. The molecule has 0 radical (unpaired) electrons. The van der Waals surface area contributed by atoms with Crippen LogP contribution in [0, 0.1) is 27.7 Å². The van der Waals surface area contributed by atoms with Crippen LogP contribution >= 0.6 is 0 Å². The fraction of sp³-hybridized carbons (Fsp3) is 0.200. The normalized spacial score (nSPS) is 11.3. The third-order valence-electron chi connectivity index (χ3n) is 4.47. The second-order valence-corrected chi connectivity index (χ2v) is 6.28. The van der Waals surface area contributed by atoms with Gasteiger partial charge in [-0.15, -0.1) is 0 Å². The maximum atomic E-state index is 5.95. The highest BCUT2D eigenvalue weighted by molar-refractivity contribution is 5.87. The molecule has 0 atom stereocenters. The number of hydrogen-bond acceptors (Lipinski definition) is 4. The van der Waals surface area contributed by atoms with Crippen molar-refractivity contribution in [3.8, 4) is 23.0 Å². The average molecular weight is 318 g/mol. The van der Waals surface area contributed by atoms with E-state index in [4.69, 9.17) is 8.94 Å². The lowest BCUT2D eigenvalue weighted by molar-refractivity contribution is 0.430. The summed E-state index contributed by atoms with van der Waals surface area (Å²) in [5.41, 5.74) is 6.42. The van der Waals surface area contributed by atoms with Gasteiger partial charge in [0.25, 0.3) is 5.89 Å². The first-order valence-corrected chi connectivity index (χ1v) is 7.94. The van der Waals surface area contributed by atoms with Crippen LogP contribution in [0.4, 0.5) is 0 Å². The molecule has 0 aliphatic rings. The molecule has 0 aliphatic carbocycles. The predicted octanol–water partition coefficient (Wildman–Crippen LogP) is 5.38. The van der Waals surface area contributed by atoms with E-state index in [0.717, 1.165) is 22.1 Å². The highest BCUT2D eigenvalue weighted by atomic mass is 16.5. The minimum Gasteiger partial charge on any atom is -0.452 e. The van der Waals surface area contributed by atoms with Crippen molar-refractivity contribution in [1.82, 2.24) is 10.1 Å². The van der Waals surface area contributed by atoms with Gasteiger partial charge >= 0.3 is 0 Å². The summed E-state index contributed by atoms with van der Waals surface area (Å²) in [4.78, 5) is 4.53. The van der Waals surface area contributed by atoms with E-state index in [1.807, 2.05) is 25.1 Å². The minimum absolute atomic E-state index is 0.481. The van der Waals surface area contributed by atoms with Crippen molar-refractivity contribution >= 4 is 11.0 Å². The summed E-state index contributed by atoms with van der Waals surface area (Å²) in [6.45, 7) is 8.24. The van der Waals surface area contributed by atoms with Crippen LogP contribution in [-0.4, -0.2) is 10.1 Å². The number of aryl methyl sites for hydroxylation is 4. The molecule has 4 rings (SSSR count). The molecule has 4 aromatic rings. The van der Waals surface area contributed by atoms with Crippen LogP contribution in [-0.2, 0) is 0 Å². The molecule has 2 heterocycles. The molecule has 4 nitrogen and oxygen atoms in total. The van der Waals surface area contributed by atoms with Crippen LogP contribution in [0.25, 0.3) is 34.0 Å². The van der Waals surface area contributed by atoms with Gasteiger partial charge in [-0.25, -0.2) is 0 Å². The summed E-state index contributed by atoms with van der Waals surface area (Å²) in [7, 11) is 0. The molecule has 0 unspecified atom stereocenters. The van der Waals surface area contributed by atoms with Gasteiger partial charge < -0.3 is 8.94 Å². The number of rotatable bonds is 2. The Morgan fingerprint density at radius 2 is 1.71 bits per heavy atom. The zero-order valence-corrected chi connectivity index (χ0v) is 14.2. The Labute approximate surface area is 140 Å². The summed E-state index contributed by atoms with van der Waals surface area (Å²) < 4.78 is 11.4. The molecule has 0 fully saturated rings. The van der Waals surface area contributed by atoms with Crippen LogP contribution in [0.2, 0.25) is 0 Å². The first-order valence-electron chi connectivity index (χ1n) is 7.94. The summed E-state index contributed by atoms with van der Waals surface area (Å²) >= 11 is 0. The Morgan fingerprint density at radius 3 is 2.50 bits per heavy atom. The van der Waals surface area contributed by atoms with E-state index < -0.39 is 0 Å². The van der Waals surface area contributed by atoms with Gasteiger partial charge in [0.1, 0.15) is 5.58 Å². The molecule has 0 spiro atoms. The van der Waals surface area contributed by atoms with Crippen molar-refractivity contribution in [2.75, 3.05) is 0 Å². The maximum absolute atomic E-state index is 5.95. The fourth-order valence-corrected chi connectivity index (χ4v) is 2.86. The van der Waals surface area contributed by atoms with Gasteiger partial charge in [-0.05, 0) is 63.1 Å². The standard InChI is InChI=1S/C20H18N2O2/c1-11-5-8-17-16(9-11)14(4)18(23-17)19-21-20(24-22-19)15-7-6-12(2)13(3)10-15/h5-10H,1-4H3. The SMILES string of the molecule is Cc1ccc2oc(-c3noc(-c4ccc(C)c(C)c4)n3)c(C)c2c1. The molecule has 0 saturated carbocycles. The molecule has 120 valence electrons. The molecular weight excluding hydrogens is 300 g/mol. The first-order chi connectivity index (χ1) is 11.5. The Kier molecular flexibility index (Phi) is 3.27. The largest absolute Gasteiger partial charge is 0.452 e. The molecule has 0 aliphatic heterocycles. The van der Waals surface area contributed by atoms with Crippen molar-refractivity contribution in [3.63, 3.8) is 0 Å². The molecule has 0 saturated heterocycles. The van der Waals surface area contributed by atoms with E-state index in [9.17, 15) is 0 Å². The van der Waals surface area contributed by atoms with Crippen LogP contribution in [0.3, 0.4) is 0 Å². The maximum Gasteiger partial charge on any atom is 0.258 e. The van der Waals surface area contributed by atoms with E-state index in [2.05, 4.69) is 49.1 Å². The molecular formula is C20H18N2O2. The zero-order chi connectivity index (χ0) is 16.8. The highest BCUT2D eigenvalue weighted by Crippen LogP contribution is 2.33. The highest BCUT2D eigenvalue weighted by Gasteiger charge is 2.18. The second-order valence-electron chi connectivity index (χ2n) is 6.28. The van der Waals surface area contributed by atoms with Gasteiger partial charge in [-0.2, -0.15) is 4.98 Å². The first kappa shape index (κ1) is 14.7. The molecule has 0 N–H and O–H groups in total. The predicted molar refractivity (Wildman–Crippen MR) is 93.9 cm³/mol. The number of hydrogen-bond donors (Lipinski definition) is 0. The summed E-state index contributed by atoms with van der Waals surface area (Å²) in [6.07, 6.45) is 0. The average Bonchev–Trinajstić information content (AvgIpc) is 3.16. The van der Waals surface area contributed by atoms with E-state index in [0.29, 0.717) is 17.5 Å². The Hall–Kier alpha value is -2.88. The molecule has 0 bridgehead atoms. The van der Waals surface area contributed by atoms with E-state index in [1.54, 1.807) is 0 Å². The van der Waals surface area contributed by atoms with Crippen molar-refractivity contribution in [3.05, 3.63) is 58.7 Å². The van der Waals surface area contributed by atoms with Gasteiger partial charge in [0, 0.05) is 16.5 Å². The van der Waals surface area contributed by atoms with Crippen molar-refractivity contribution in [2.24, 2.45) is 0 Å². The summed E-state index contributed by atoms with van der Waals surface area (Å²) in [6, 6.07) is 12.2. The van der Waals surface area contributed by atoms with Crippen LogP contribution in [0.1, 0.15) is 22.3 Å². The number of aromatic nitrogens is 2. The number of nitrogens with zero attached hydrogens (tertiary/aromatic N) is 2. The Balaban J connectivity index is 1.80. The van der Waals surface area contributed by atoms with Gasteiger partial charge in [0.15, 0.2) is 5.76 Å². The number of benzene rings is 2. The smallest absolute Gasteiger partial charge is 0.258 e. The molecule has 24 heavy (non-hydrogen) atoms. The summed E-state index contributed by atoms with van der Waals surface area (Å²) in [5.74, 6) is 1.65. The van der Waals surface area contributed by atoms with Crippen molar-refractivity contribution in [1.29, 1.82) is 0 Å². The number of fused-ring (bicyclic) bond motifs is 1. The molecule has 4 heteroatoms. The monoisotopic (exact) mass is 318 g/mol. The second kappa shape index (κ2) is 5.34. The third-order valence-corrected chi connectivity index (χ3v) is 4.47. The third kappa shape index (κ3) is 2.31. The van der Waals surface area contributed by atoms with Crippen LogP contribution < -0.4 is 0 Å². The van der Waals surface area contributed by atoms with E-state index in [-0.39, 0.29) is 0 Å². The molecule has 2 aromatic heterocycles. The van der Waals surface area contributed by atoms with E-state index >= 15 is 0 Å². The van der Waals surface area contributed by atoms with Gasteiger partial charge in [0.05, 0.1) is 0 Å². The van der Waals surface area contributed by atoms with Gasteiger partial charge in [-0.3, -0.25) is 0 Å². The lowest BCUT2D eigenvalue weighted by Gasteiger charge is -2.00. The summed E-state index contributed by atoms with van der Waals surface area (Å²) in [5, 5.41) is 5.20. The fourth-order valence-electron chi connectivity index (χ4n) is 2.86. The number of furan rings is 1. The molecule has 0 amide bonds. The Morgan fingerprint density at radius 1 is 0.875 bits per heavy atom. The van der Waals surface area contributed by atoms with Crippen LogP contribution in [0.15, 0.2) is 45.3 Å². The van der Waals surface area contributed by atoms with Crippen LogP contribution in [0.5, 0.6) is 0 Å². The van der Waals surface area contributed by atoms with E-state index in [1.165, 1.54) is 16.7 Å². The van der Waals surface area contributed by atoms with Gasteiger partial charge in [-0.1, -0.05) is 22.9 Å². The van der Waals surface area contributed by atoms with Gasteiger partial charge in [0.2, 0.25) is 5.82 Å². The molecule has 2 aromatic carbocycles. The van der Waals surface area contributed by atoms with Crippen molar-refractivity contribution < 1.29 is 8.94 Å².